The quantitative estimate of drug-likeness (QED) is 0.752. The summed E-state index contributed by atoms with van der Waals surface area (Å²) in [5.41, 5.74) is 0.770. The van der Waals surface area contributed by atoms with Gasteiger partial charge in [-0.05, 0) is 70.2 Å². The molecule has 2 rings (SSSR count). The fourth-order valence-electron chi connectivity index (χ4n) is 2.91. The number of piperidine rings is 1. The van der Waals surface area contributed by atoms with E-state index in [0.717, 1.165) is 36.9 Å². The summed E-state index contributed by atoms with van der Waals surface area (Å²) in [6.45, 7) is 3.74. The van der Waals surface area contributed by atoms with Crippen molar-refractivity contribution < 1.29 is 9.53 Å². The largest absolute Gasteiger partial charge is 0.497 e. The molecule has 0 radical (unpaired) electrons. The van der Waals surface area contributed by atoms with Gasteiger partial charge in [0.2, 0.25) is 0 Å². The van der Waals surface area contributed by atoms with E-state index in [9.17, 15) is 4.79 Å². The number of ether oxygens (including phenoxy) is 1. The van der Waals surface area contributed by atoms with Crippen molar-refractivity contribution in [3.63, 3.8) is 0 Å². The number of hydrogen-bond donors (Lipinski definition) is 0. The van der Waals surface area contributed by atoms with Crippen molar-refractivity contribution in [1.82, 2.24) is 9.80 Å². The van der Waals surface area contributed by atoms with Crippen LogP contribution in [0.1, 0.15) is 23.2 Å². The van der Waals surface area contributed by atoms with Crippen LogP contribution in [0.5, 0.6) is 5.75 Å². The summed E-state index contributed by atoms with van der Waals surface area (Å²) < 4.78 is 5.12. The Morgan fingerprint density at radius 1 is 1.24 bits per heavy atom. The van der Waals surface area contributed by atoms with E-state index in [4.69, 9.17) is 4.74 Å². The number of hydrogen-bond acceptors (Lipinski definition) is 4. The van der Waals surface area contributed by atoms with E-state index in [0.29, 0.717) is 6.54 Å². The molecule has 0 aromatic heterocycles. The number of nitrogens with zero attached hydrogens (tertiary/aromatic N) is 2. The third kappa shape index (κ3) is 4.83. The minimum Gasteiger partial charge on any atom is -0.497 e. The summed E-state index contributed by atoms with van der Waals surface area (Å²) in [6.07, 6.45) is 2.38. The number of likely N-dealkylation sites (tertiary alicyclic amines) is 1. The zero-order valence-electron chi connectivity index (χ0n) is 13.3. The molecule has 1 aromatic carbocycles. The lowest BCUT2D eigenvalue weighted by Gasteiger charge is -2.32. The van der Waals surface area contributed by atoms with Crippen molar-refractivity contribution in [2.45, 2.75) is 12.8 Å². The second-order valence-corrected chi connectivity index (χ2v) is 6.13. The first-order valence-corrected chi connectivity index (χ1v) is 7.63. The number of rotatable bonds is 6. The van der Waals surface area contributed by atoms with Crippen LogP contribution in [0.4, 0.5) is 0 Å². The molecule has 0 N–H and O–H groups in total. The van der Waals surface area contributed by atoms with E-state index < -0.39 is 0 Å². The Bertz CT molecular complexity index is 448. The maximum Gasteiger partial charge on any atom is 0.176 e. The lowest BCUT2D eigenvalue weighted by atomic mass is 9.96. The molecule has 0 saturated carbocycles. The van der Waals surface area contributed by atoms with Gasteiger partial charge < -0.3 is 9.64 Å². The van der Waals surface area contributed by atoms with Crippen molar-refractivity contribution >= 4 is 5.78 Å². The average Bonchev–Trinajstić information content (AvgIpc) is 2.49. The van der Waals surface area contributed by atoms with Gasteiger partial charge in [0.15, 0.2) is 5.78 Å². The second kappa shape index (κ2) is 7.57. The molecule has 4 heteroatoms. The maximum atomic E-state index is 12.3. The van der Waals surface area contributed by atoms with Crippen molar-refractivity contribution in [3.05, 3.63) is 29.8 Å². The van der Waals surface area contributed by atoms with Gasteiger partial charge in [0.05, 0.1) is 13.7 Å². The standard InChI is InChI=1S/C17H26N2O2/c1-18(2)12-14-8-10-19(11-9-14)13-17(20)15-4-6-16(21-3)7-5-15/h4-7,14H,8-13H2,1-3H3. The fraction of sp³-hybridized carbons (Fsp3) is 0.588. The van der Waals surface area contributed by atoms with Crippen LogP contribution in [0.3, 0.4) is 0 Å². The fourth-order valence-corrected chi connectivity index (χ4v) is 2.91. The van der Waals surface area contributed by atoms with Crippen LogP contribution >= 0.6 is 0 Å². The maximum absolute atomic E-state index is 12.3. The van der Waals surface area contributed by atoms with Gasteiger partial charge in [0.25, 0.3) is 0 Å². The molecule has 1 fully saturated rings. The van der Waals surface area contributed by atoms with Gasteiger partial charge in [-0.25, -0.2) is 0 Å². The summed E-state index contributed by atoms with van der Waals surface area (Å²) in [4.78, 5) is 16.8. The molecular formula is C17H26N2O2. The Hall–Kier alpha value is -1.39. The van der Waals surface area contributed by atoms with Gasteiger partial charge in [-0.1, -0.05) is 0 Å². The number of benzene rings is 1. The van der Waals surface area contributed by atoms with Gasteiger partial charge in [-0.2, -0.15) is 0 Å². The molecule has 116 valence electrons. The summed E-state index contributed by atoms with van der Waals surface area (Å²) in [5.74, 6) is 1.76. The third-order valence-corrected chi connectivity index (χ3v) is 4.11. The first-order valence-electron chi connectivity index (χ1n) is 7.63. The van der Waals surface area contributed by atoms with E-state index >= 15 is 0 Å². The highest BCUT2D eigenvalue weighted by atomic mass is 16.5. The van der Waals surface area contributed by atoms with E-state index in [-0.39, 0.29) is 5.78 Å². The van der Waals surface area contributed by atoms with E-state index in [1.807, 2.05) is 24.3 Å². The van der Waals surface area contributed by atoms with Crippen LogP contribution in [0.15, 0.2) is 24.3 Å². The summed E-state index contributed by atoms with van der Waals surface area (Å²) in [6, 6.07) is 7.38. The van der Waals surface area contributed by atoms with Crippen LogP contribution in [-0.4, -0.2) is 63.0 Å². The number of ketones is 1. The highest BCUT2D eigenvalue weighted by Gasteiger charge is 2.21. The molecule has 21 heavy (non-hydrogen) atoms. The van der Waals surface area contributed by atoms with Crippen molar-refractivity contribution in [2.75, 3.05) is 47.4 Å². The minimum absolute atomic E-state index is 0.198. The van der Waals surface area contributed by atoms with Gasteiger partial charge in [-0.3, -0.25) is 9.69 Å². The normalized spacial score (nSPS) is 17.1. The highest BCUT2D eigenvalue weighted by Crippen LogP contribution is 2.18. The van der Waals surface area contributed by atoms with Crippen molar-refractivity contribution in [2.24, 2.45) is 5.92 Å². The molecule has 0 spiro atoms. The summed E-state index contributed by atoms with van der Waals surface area (Å²) in [5, 5.41) is 0. The minimum atomic E-state index is 0.198. The Labute approximate surface area is 127 Å². The van der Waals surface area contributed by atoms with Crippen LogP contribution in [-0.2, 0) is 0 Å². The Balaban J connectivity index is 1.81. The predicted octanol–water partition coefficient (Wildman–Crippen LogP) is 2.15. The molecule has 4 nitrogen and oxygen atoms in total. The van der Waals surface area contributed by atoms with Crippen LogP contribution in [0.2, 0.25) is 0 Å². The number of carbonyl (C=O) groups excluding carboxylic acids is 1. The molecule has 0 unspecified atom stereocenters. The van der Waals surface area contributed by atoms with Crippen LogP contribution < -0.4 is 4.74 Å². The molecule has 1 aromatic rings. The Morgan fingerprint density at radius 2 is 1.86 bits per heavy atom. The second-order valence-electron chi connectivity index (χ2n) is 6.13. The first-order chi connectivity index (χ1) is 10.1. The molecule has 1 heterocycles. The van der Waals surface area contributed by atoms with Crippen LogP contribution in [0, 0.1) is 5.92 Å². The van der Waals surface area contributed by atoms with Crippen molar-refractivity contribution in [1.29, 1.82) is 0 Å². The Kier molecular flexibility index (Phi) is 5.76. The monoisotopic (exact) mass is 290 g/mol. The number of methoxy groups -OCH3 is 1. The van der Waals surface area contributed by atoms with Gasteiger partial charge in [0.1, 0.15) is 5.75 Å². The predicted molar refractivity (Wildman–Crippen MR) is 85.0 cm³/mol. The van der Waals surface area contributed by atoms with E-state index in [1.165, 1.54) is 12.8 Å². The van der Waals surface area contributed by atoms with Gasteiger partial charge in [-0.15, -0.1) is 0 Å². The molecular weight excluding hydrogens is 264 g/mol. The molecule has 0 atom stereocenters. The zero-order chi connectivity index (χ0) is 15.2. The number of Topliss-reactive ketones (excluding diaryl/α,β-unsaturated/α-hetero) is 1. The molecule has 0 aliphatic carbocycles. The molecule has 0 amide bonds. The topological polar surface area (TPSA) is 32.8 Å². The Morgan fingerprint density at radius 3 is 2.38 bits per heavy atom. The molecule has 1 saturated heterocycles. The van der Waals surface area contributed by atoms with Gasteiger partial charge in [0, 0.05) is 12.1 Å². The number of carbonyl (C=O) groups is 1. The first kappa shape index (κ1) is 16.0. The summed E-state index contributed by atoms with van der Waals surface area (Å²) in [7, 11) is 5.88. The van der Waals surface area contributed by atoms with E-state index in [1.54, 1.807) is 7.11 Å². The molecule has 0 bridgehead atoms. The van der Waals surface area contributed by atoms with Crippen molar-refractivity contribution in [3.8, 4) is 5.75 Å². The SMILES string of the molecule is COc1ccc(C(=O)CN2CCC(CN(C)C)CC2)cc1. The summed E-state index contributed by atoms with van der Waals surface area (Å²) >= 11 is 0. The van der Waals surface area contributed by atoms with Gasteiger partial charge >= 0.3 is 0 Å². The lowest BCUT2D eigenvalue weighted by Crippen LogP contribution is -2.39. The lowest BCUT2D eigenvalue weighted by molar-refractivity contribution is 0.0886. The van der Waals surface area contributed by atoms with Crippen LogP contribution in [0.25, 0.3) is 0 Å². The molecule has 1 aliphatic rings. The highest BCUT2D eigenvalue weighted by molar-refractivity contribution is 5.97. The average molecular weight is 290 g/mol. The zero-order valence-corrected chi connectivity index (χ0v) is 13.3. The molecule has 1 aliphatic heterocycles. The smallest absolute Gasteiger partial charge is 0.176 e. The van der Waals surface area contributed by atoms with E-state index in [2.05, 4.69) is 23.9 Å². The third-order valence-electron chi connectivity index (χ3n) is 4.11.